The Morgan fingerprint density at radius 2 is 1.84 bits per heavy atom. The molecule has 25 heavy (non-hydrogen) atoms. The molecule has 7 heteroatoms. The summed E-state index contributed by atoms with van der Waals surface area (Å²) in [6.45, 7) is 2.13. The van der Waals surface area contributed by atoms with Crippen LogP contribution in [0.4, 0.5) is 0 Å². The summed E-state index contributed by atoms with van der Waals surface area (Å²) in [6, 6.07) is 7.94. The van der Waals surface area contributed by atoms with Gasteiger partial charge in [-0.15, -0.1) is 0 Å². The molecule has 4 rings (SSSR count). The third-order valence-electron chi connectivity index (χ3n) is 5.07. The Bertz CT molecular complexity index is 925. The molecular weight excluding hydrogens is 340 g/mol. The fraction of sp³-hybridized carbons (Fsp3) is 0.500. The van der Waals surface area contributed by atoms with Crippen molar-refractivity contribution in [2.45, 2.75) is 36.6 Å². The lowest BCUT2D eigenvalue weighted by Crippen LogP contribution is -2.45. The minimum absolute atomic E-state index is 0.248. The van der Waals surface area contributed by atoms with Crippen LogP contribution in [-0.2, 0) is 10.0 Å². The van der Waals surface area contributed by atoms with Crippen LogP contribution in [-0.4, -0.2) is 38.4 Å². The molecule has 0 bridgehead atoms. The van der Waals surface area contributed by atoms with E-state index >= 15 is 0 Å². The molecule has 0 amide bonds. The average Bonchev–Trinajstić information content (AvgIpc) is 3.44. The smallest absolute Gasteiger partial charge is 0.336 e. The molecule has 2 fully saturated rings. The zero-order valence-corrected chi connectivity index (χ0v) is 14.8. The molecule has 1 saturated heterocycles. The summed E-state index contributed by atoms with van der Waals surface area (Å²) in [5.74, 6) is 0.833. The second kappa shape index (κ2) is 6.55. The van der Waals surface area contributed by atoms with Gasteiger partial charge in [0, 0.05) is 30.6 Å². The van der Waals surface area contributed by atoms with Crippen LogP contribution in [0.5, 0.6) is 0 Å². The number of benzene rings is 1. The number of fused-ring (bicyclic) bond motifs is 1. The maximum atomic E-state index is 12.9. The Hall–Kier alpha value is -1.70. The van der Waals surface area contributed by atoms with E-state index in [1.54, 1.807) is 22.5 Å². The van der Waals surface area contributed by atoms with Crippen LogP contribution in [0.25, 0.3) is 11.0 Å². The molecule has 134 valence electrons. The summed E-state index contributed by atoms with van der Waals surface area (Å²) in [5.41, 5.74) is -0.0432. The van der Waals surface area contributed by atoms with E-state index in [0.717, 1.165) is 25.3 Å². The molecule has 1 aromatic heterocycles. The standard InChI is InChI=1S/C18H22N2O4S/c21-18-6-3-14-11-16(4-5-17(14)24-18)25(22,23)20-9-7-15(8-10-20)19-12-13-1-2-13/h3-6,11,13,15,19H,1-2,7-10,12H2. The van der Waals surface area contributed by atoms with Crippen LogP contribution in [0.2, 0.25) is 0 Å². The quantitative estimate of drug-likeness (QED) is 0.823. The zero-order valence-electron chi connectivity index (χ0n) is 14.0. The molecule has 0 atom stereocenters. The molecule has 1 aromatic carbocycles. The third kappa shape index (κ3) is 3.63. The average molecular weight is 362 g/mol. The molecular formula is C18H22N2O4S. The summed E-state index contributed by atoms with van der Waals surface area (Å²) in [5, 5.41) is 4.17. The van der Waals surface area contributed by atoms with Crippen molar-refractivity contribution in [3.05, 3.63) is 40.8 Å². The monoisotopic (exact) mass is 362 g/mol. The molecule has 1 saturated carbocycles. The van der Waals surface area contributed by atoms with Gasteiger partial charge in [0.2, 0.25) is 10.0 Å². The summed E-state index contributed by atoms with van der Waals surface area (Å²) in [6.07, 6.45) is 4.33. The van der Waals surface area contributed by atoms with E-state index in [0.29, 0.717) is 30.1 Å². The van der Waals surface area contributed by atoms with Gasteiger partial charge >= 0.3 is 5.63 Å². The van der Waals surface area contributed by atoms with Crippen LogP contribution >= 0.6 is 0 Å². The van der Waals surface area contributed by atoms with E-state index in [1.165, 1.54) is 25.0 Å². The lowest BCUT2D eigenvalue weighted by molar-refractivity contribution is 0.288. The first kappa shape index (κ1) is 16.8. The topological polar surface area (TPSA) is 79.6 Å². The van der Waals surface area contributed by atoms with Gasteiger partial charge in [-0.3, -0.25) is 0 Å². The first-order chi connectivity index (χ1) is 12.0. The molecule has 0 unspecified atom stereocenters. The number of hydrogen-bond acceptors (Lipinski definition) is 5. The Balaban J connectivity index is 1.47. The largest absolute Gasteiger partial charge is 0.423 e. The summed E-state index contributed by atoms with van der Waals surface area (Å²) < 4.78 is 32.4. The van der Waals surface area contributed by atoms with Gasteiger partial charge in [-0.2, -0.15) is 4.31 Å². The lowest BCUT2D eigenvalue weighted by Gasteiger charge is -2.31. The van der Waals surface area contributed by atoms with Crippen molar-refractivity contribution in [3.63, 3.8) is 0 Å². The number of hydrogen-bond donors (Lipinski definition) is 1. The van der Waals surface area contributed by atoms with E-state index in [4.69, 9.17) is 4.42 Å². The SMILES string of the molecule is O=c1ccc2cc(S(=O)(=O)N3CCC(NCC4CC4)CC3)ccc2o1. The summed E-state index contributed by atoms with van der Waals surface area (Å²) >= 11 is 0. The van der Waals surface area contributed by atoms with Gasteiger partial charge in [0.1, 0.15) is 5.58 Å². The molecule has 0 radical (unpaired) electrons. The van der Waals surface area contributed by atoms with Crippen molar-refractivity contribution in [2.24, 2.45) is 5.92 Å². The molecule has 6 nitrogen and oxygen atoms in total. The van der Waals surface area contributed by atoms with Gasteiger partial charge in [0.15, 0.2) is 0 Å². The maximum absolute atomic E-state index is 12.9. The van der Waals surface area contributed by atoms with Crippen molar-refractivity contribution in [3.8, 4) is 0 Å². The van der Waals surface area contributed by atoms with Crippen LogP contribution in [0.3, 0.4) is 0 Å². The number of piperidine rings is 1. The predicted octanol–water partition coefficient (Wildman–Crippen LogP) is 1.95. The highest BCUT2D eigenvalue weighted by atomic mass is 32.2. The molecule has 0 spiro atoms. The van der Waals surface area contributed by atoms with E-state index in [9.17, 15) is 13.2 Å². The zero-order chi connectivity index (χ0) is 17.4. The minimum atomic E-state index is -3.52. The lowest BCUT2D eigenvalue weighted by atomic mass is 10.1. The van der Waals surface area contributed by atoms with Crippen LogP contribution in [0.1, 0.15) is 25.7 Å². The van der Waals surface area contributed by atoms with Gasteiger partial charge in [0.05, 0.1) is 4.90 Å². The van der Waals surface area contributed by atoms with Crippen LogP contribution in [0, 0.1) is 5.92 Å². The van der Waals surface area contributed by atoms with Gasteiger partial charge in [-0.05, 0) is 62.4 Å². The predicted molar refractivity (Wildman–Crippen MR) is 95.0 cm³/mol. The van der Waals surface area contributed by atoms with Crippen LogP contribution < -0.4 is 10.9 Å². The first-order valence-electron chi connectivity index (χ1n) is 8.80. The molecule has 1 aliphatic heterocycles. The first-order valence-corrected chi connectivity index (χ1v) is 10.2. The highest BCUT2D eigenvalue weighted by Crippen LogP contribution is 2.28. The summed E-state index contributed by atoms with van der Waals surface area (Å²) in [7, 11) is -3.52. The molecule has 2 aliphatic rings. The summed E-state index contributed by atoms with van der Waals surface area (Å²) in [4.78, 5) is 11.5. The fourth-order valence-corrected chi connectivity index (χ4v) is 4.82. The highest BCUT2D eigenvalue weighted by Gasteiger charge is 2.30. The third-order valence-corrected chi connectivity index (χ3v) is 6.97. The van der Waals surface area contributed by atoms with E-state index in [1.807, 2.05) is 0 Å². The highest BCUT2D eigenvalue weighted by molar-refractivity contribution is 7.89. The molecule has 2 heterocycles. The number of rotatable bonds is 5. The minimum Gasteiger partial charge on any atom is -0.423 e. The van der Waals surface area contributed by atoms with E-state index in [2.05, 4.69) is 5.32 Å². The Labute approximate surface area is 146 Å². The van der Waals surface area contributed by atoms with E-state index in [-0.39, 0.29) is 4.90 Å². The van der Waals surface area contributed by atoms with E-state index < -0.39 is 15.6 Å². The Morgan fingerprint density at radius 1 is 1.08 bits per heavy atom. The second-order valence-electron chi connectivity index (χ2n) is 6.98. The van der Waals surface area contributed by atoms with Gasteiger partial charge in [0.25, 0.3) is 0 Å². The van der Waals surface area contributed by atoms with Crippen molar-refractivity contribution in [1.82, 2.24) is 9.62 Å². The normalized spacial score (nSPS) is 20.2. The number of nitrogens with one attached hydrogen (secondary N) is 1. The van der Waals surface area contributed by atoms with Crippen molar-refractivity contribution < 1.29 is 12.8 Å². The van der Waals surface area contributed by atoms with Crippen molar-refractivity contribution in [1.29, 1.82) is 0 Å². The van der Waals surface area contributed by atoms with Gasteiger partial charge < -0.3 is 9.73 Å². The molecule has 1 aliphatic carbocycles. The Morgan fingerprint density at radius 3 is 2.56 bits per heavy atom. The second-order valence-corrected chi connectivity index (χ2v) is 8.92. The Kier molecular flexibility index (Phi) is 4.39. The fourth-order valence-electron chi connectivity index (χ4n) is 3.32. The van der Waals surface area contributed by atoms with Gasteiger partial charge in [-0.25, -0.2) is 13.2 Å². The van der Waals surface area contributed by atoms with Gasteiger partial charge in [-0.1, -0.05) is 0 Å². The van der Waals surface area contributed by atoms with Crippen molar-refractivity contribution >= 4 is 21.0 Å². The number of nitrogens with zero attached hydrogens (tertiary/aromatic N) is 1. The maximum Gasteiger partial charge on any atom is 0.336 e. The van der Waals surface area contributed by atoms with Crippen LogP contribution in [0.15, 0.2) is 44.4 Å². The van der Waals surface area contributed by atoms with Crippen molar-refractivity contribution in [2.75, 3.05) is 19.6 Å². The molecule has 1 N–H and O–H groups in total. The molecule has 2 aromatic rings. The number of sulfonamides is 1.